The van der Waals surface area contributed by atoms with Gasteiger partial charge in [-0.15, -0.1) is 0 Å². The average molecular weight is 193 g/mol. The number of halogens is 3. The van der Waals surface area contributed by atoms with Crippen LogP contribution in [0.3, 0.4) is 0 Å². The summed E-state index contributed by atoms with van der Waals surface area (Å²) < 4.78 is 35.3. The van der Waals surface area contributed by atoms with E-state index in [9.17, 15) is 18.0 Å². The fourth-order valence-corrected chi connectivity index (χ4v) is 0.667. The molecule has 0 fully saturated rings. The first-order chi connectivity index (χ1) is 5.52. The third kappa shape index (κ3) is 2.83. The van der Waals surface area contributed by atoms with Gasteiger partial charge in [0.05, 0.1) is 0 Å². The van der Waals surface area contributed by atoms with Crippen LogP contribution in [0.1, 0.15) is 10.4 Å². The second-order valence-corrected chi connectivity index (χ2v) is 2.06. The summed E-state index contributed by atoms with van der Waals surface area (Å²) in [7, 11) is 0. The van der Waals surface area contributed by atoms with Crippen molar-refractivity contribution in [3.05, 3.63) is 30.1 Å². The number of carbonyl (C=O) groups is 1. The smallest absolute Gasteiger partial charge is 0.412 e. The first-order valence-corrected chi connectivity index (χ1v) is 3.03. The van der Waals surface area contributed by atoms with Gasteiger partial charge in [-0.25, -0.2) is 0 Å². The number of Topliss-reactive ketones (excluding diaryl/α,β-unsaturated/α-hetero) is 1. The number of carbonyl (C=O) groups excluding carboxylic acids is 1. The summed E-state index contributed by atoms with van der Waals surface area (Å²) in [6.07, 6.45) is -2.53. The minimum Gasteiger partial charge on any atom is -0.412 e. The Hall–Kier alpha value is -1.43. The lowest BCUT2D eigenvalue weighted by atomic mass is 10.2. The first-order valence-electron chi connectivity index (χ1n) is 3.03. The molecule has 0 aliphatic carbocycles. The molecule has 72 valence electrons. The maximum atomic E-state index is 11.8. The number of pyridine rings is 1. The van der Waals surface area contributed by atoms with Crippen LogP contribution in [0.4, 0.5) is 13.2 Å². The molecular formula is C7H6F3NO2. The summed E-state index contributed by atoms with van der Waals surface area (Å²) in [4.78, 5) is 14.0. The third-order valence-electron chi connectivity index (χ3n) is 1.20. The van der Waals surface area contributed by atoms with Gasteiger partial charge in [0.1, 0.15) is 0 Å². The third-order valence-corrected chi connectivity index (χ3v) is 1.20. The molecule has 0 aliphatic rings. The molecule has 1 heterocycles. The second-order valence-electron chi connectivity index (χ2n) is 2.06. The van der Waals surface area contributed by atoms with Crippen LogP contribution in [0, 0.1) is 0 Å². The van der Waals surface area contributed by atoms with Crippen LogP contribution in [0.15, 0.2) is 24.5 Å². The molecule has 0 amide bonds. The van der Waals surface area contributed by atoms with Gasteiger partial charge in [-0.05, 0) is 12.1 Å². The molecule has 1 aromatic heterocycles. The highest BCUT2D eigenvalue weighted by Gasteiger charge is 2.38. The molecule has 1 rings (SSSR count). The zero-order chi connectivity index (χ0) is 9.19. The number of rotatable bonds is 1. The van der Waals surface area contributed by atoms with Crippen molar-refractivity contribution in [2.45, 2.75) is 6.18 Å². The van der Waals surface area contributed by atoms with Gasteiger partial charge in [0.25, 0.3) is 5.78 Å². The summed E-state index contributed by atoms with van der Waals surface area (Å²) in [5, 5.41) is 0. The van der Waals surface area contributed by atoms with Gasteiger partial charge in [-0.3, -0.25) is 9.78 Å². The molecule has 0 unspecified atom stereocenters. The Morgan fingerprint density at radius 2 is 1.69 bits per heavy atom. The van der Waals surface area contributed by atoms with Crippen LogP contribution >= 0.6 is 0 Å². The molecule has 3 nitrogen and oxygen atoms in total. The molecule has 0 saturated heterocycles. The van der Waals surface area contributed by atoms with Gasteiger partial charge >= 0.3 is 6.18 Å². The van der Waals surface area contributed by atoms with Gasteiger partial charge in [-0.1, -0.05) is 0 Å². The van der Waals surface area contributed by atoms with E-state index in [4.69, 9.17) is 0 Å². The Bertz CT molecular complexity index is 284. The summed E-state index contributed by atoms with van der Waals surface area (Å²) in [6.45, 7) is 0. The van der Waals surface area contributed by atoms with Crippen LogP contribution < -0.4 is 0 Å². The lowest BCUT2D eigenvalue weighted by molar-refractivity contribution is -0.0885. The van der Waals surface area contributed by atoms with Crippen molar-refractivity contribution < 1.29 is 23.4 Å². The van der Waals surface area contributed by atoms with E-state index in [0.717, 1.165) is 24.5 Å². The van der Waals surface area contributed by atoms with Crippen molar-refractivity contribution in [2.75, 3.05) is 0 Å². The van der Waals surface area contributed by atoms with Crippen molar-refractivity contribution in [2.24, 2.45) is 0 Å². The topological polar surface area (TPSA) is 61.5 Å². The standard InChI is InChI=1S/C7H4F3NO.H2O/c8-7(9,10)6(12)5-1-3-11-4-2-5;/h1-4H;1H2. The van der Waals surface area contributed by atoms with E-state index in [1.807, 2.05) is 0 Å². The molecular weight excluding hydrogens is 187 g/mol. The van der Waals surface area contributed by atoms with E-state index >= 15 is 0 Å². The van der Waals surface area contributed by atoms with Crippen LogP contribution in [-0.2, 0) is 0 Å². The zero-order valence-electron chi connectivity index (χ0n) is 6.30. The summed E-state index contributed by atoms with van der Waals surface area (Å²) in [5.74, 6) is -1.84. The van der Waals surface area contributed by atoms with Crippen LogP contribution in [0.25, 0.3) is 0 Å². The maximum absolute atomic E-state index is 11.8. The van der Waals surface area contributed by atoms with Crippen molar-refractivity contribution in [3.8, 4) is 0 Å². The molecule has 0 radical (unpaired) electrons. The minimum absolute atomic E-state index is 0. The molecule has 13 heavy (non-hydrogen) atoms. The van der Waals surface area contributed by atoms with Crippen molar-refractivity contribution >= 4 is 5.78 Å². The largest absolute Gasteiger partial charge is 0.454 e. The number of nitrogens with zero attached hydrogens (tertiary/aromatic N) is 1. The quantitative estimate of drug-likeness (QED) is 0.624. The summed E-state index contributed by atoms with van der Waals surface area (Å²) in [6, 6.07) is 2.05. The molecule has 6 heteroatoms. The van der Waals surface area contributed by atoms with Gasteiger partial charge in [0.15, 0.2) is 0 Å². The monoisotopic (exact) mass is 193 g/mol. The summed E-state index contributed by atoms with van der Waals surface area (Å²) >= 11 is 0. The average Bonchev–Trinajstić information content (AvgIpc) is 2.03. The fourth-order valence-electron chi connectivity index (χ4n) is 0.667. The van der Waals surface area contributed by atoms with E-state index in [1.165, 1.54) is 0 Å². The van der Waals surface area contributed by atoms with Crippen molar-refractivity contribution in [1.82, 2.24) is 4.98 Å². The molecule has 0 aromatic carbocycles. The van der Waals surface area contributed by atoms with E-state index in [-0.39, 0.29) is 5.48 Å². The van der Waals surface area contributed by atoms with E-state index in [0.29, 0.717) is 0 Å². The predicted molar refractivity (Wildman–Crippen MR) is 38.2 cm³/mol. The van der Waals surface area contributed by atoms with Crippen LogP contribution in [0.5, 0.6) is 0 Å². The second kappa shape index (κ2) is 3.99. The van der Waals surface area contributed by atoms with Crippen molar-refractivity contribution in [3.63, 3.8) is 0 Å². The Kier molecular flexibility index (Phi) is 3.55. The van der Waals surface area contributed by atoms with Crippen molar-refractivity contribution in [1.29, 1.82) is 0 Å². The van der Waals surface area contributed by atoms with Gasteiger partial charge < -0.3 is 5.48 Å². The van der Waals surface area contributed by atoms with E-state index in [1.54, 1.807) is 0 Å². The number of hydrogen-bond donors (Lipinski definition) is 0. The minimum atomic E-state index is -4.80. The summed E-state index contributed by atoms with van der Waals surface area (Å²) in [5.41, 5.74) is -0.391. The Balaban J connectivity index is 0.00000144. The lowest BCUT2D eigenvalue weighted by Crippen LogP contribution is -2.22. The number of hydrogen-bond acceptors (Lipinski definition) is 2. The number of aromatic nitrogens is 1. The first kappa shape index (κ1) is 11.6. The molecule has 0 aliphatic heterocycles. The molecule has 0 bridgehead atoms. The molecule has 0 atom stereocenters. The Labute approximate surface area is 71.5 Å². The predicted octanol–water partition coefficient (Wildman–Crippen LogP) is 1.00. The molecule has 0 spiro atoms. The Morgan fingerprint density at radius 1 is 1.23 bits per heavy atom. The van der Waals surface area contributed by atoms with Crippen LogP contribution in [-0.4, -0.2) is 22.4 Å². The zero-order valence-corrected chi connectivity index (χ0v) is 6.30. The number of ketones is 1. The molecule has 2 N–H and O–H groups in total. The lowest BCUT2D eigenvalue weighted by Gasteiger charge is -2.03. The van der Waals surface area contributed by atoms with E-state index < -0.39 is 17.5 Å². The highest BCUT2D eigenvalue weighted by Crippen LogP contribution is 2.20. The SMILES string of the molecule is O.O=C(c1ccncc1)C(F)(F)F. The highest BCUT2D eigenvalue weighted by atomic mass is 19.4. The number of alkyl halides is 3. The maximum Gasteiger partial charge on any atom is 0.454 e. The molecule has 0 saturated carbocycles. The van der Waals surface area contributed by atoms with Gasteiger partial charge in [-0.2, -0.15) is 13.2 Å². The van der Waals surface area contributed by atoms with Crippen LogP contribution in [0.2, 0.25) is 0 Å². The fraction of sp³-hybridized carbons (Fsp3) is 0.143. The highest BCUT2D eigenvalue weighted by molar-refractivity contribution is 6.00. The molecule has 1 aromatic rings. The van der Waals surface area contributed by atoms with Gasteiger partial charge in [0.2, 0.25) is 0 Å². The Morgan fingerprint density at radius 3 is 2.08 bits per heavy atom. The van der Waals surface area contributed by atoms with E-state index in [2.05, 4.69) is 4.98 Å². The van der Waals surface area contributed by atoms with Gasteiger partial charge in [0, 0.05) is 18.0 Å². The normalized spacial score (nSPS) is 10.4.